The van der Waals surface area contributed by atoms with Gasteiger partial charge in [0, 0.05) is 33.5 Å². The van der Waals surface area contributed by atoms with Crippen molar-refractivity contribution in [2.45, 2.75) is 5.41 Å². The van der Waals surface area contributed by atoms with Gasteiger partial charge < -0.3 is 9.47 Å². The molecule has 2 nitrogen and oxygen atoms in total. The zero-order valence-corrected chi connectivity index (χ0v) is 34.3. The molecule has 12 rings (SSSR count). The van der Waals surface area contributed by atoms with Crippen LogP contribution in [0.3, 0.4) is 0 Å². The quantitative estimate of drug-likeness (QED) is 0.148. The molecule has 0 saturated carbocycles. The molecule has 1 aromatic heterocycles. The van der Waals surface area contributed by atoms with E-state index in [-0.39, 0.29) is 29.9 Å². The lowest BCUT2D eigenvalue weighted by molar-refractivity contribution is 0.769. The minimum absolute atomic E-state index is 0.0874. The minimum Gasteiger partial charge on any atom is -0.311 e. The summed E-state index contributed by atoms with van der Waals surface area (Å²) in [5, 5.41) is 2.26. The Balaban J connectivity index is 1.01. The average molecular weight is 808 g/mol. The predicted molar refractivity (Wildman–Crippen MR) is 264 cm³/mol. The van der Waals surface area contributed by atoms with Gasteiger partial charge in [0.15, 0.2) is 0 Å². The van der Waals surface area contributed by atoms with Crippen LogP contribution in [0.2, 0.25) is 0 Å². The SMILES string of the molecule is [2H]c1c([2H])c([2H])c(N(c2ccc(-c3ccccc3)cc2)c2ccc(-c3ccc4c(c3)c3ccc(C5(c6ccccc6)c6ccccc6-c6ccccc65)cc3n4-c3ccccc3)cc2)c([2H])c1[2H]. The lowest BCUT2D eigenvalue weighted by Gasteiger charge is -2.34. The standard InChI is InChI=1S/C61H42N2/c1-5-17-43(18-6-1)44-29-35-51(36-30-44)62(49-21-9-3-10-22-49)52-37-31-45(32-38-52)46-33-40-59-56(41-46)55-39-34-48(42-60(55)63(59)50-23-11-4-12-24-50)61(47-19-7-2-8-20-47)57-27-15-13-25-53(57)54-26-14-16-28-58(54)61/h1-42H/i3D,9D,10D,21D,22D. The molecule has 296 valence electrons. The first-order valence-corrected chi connectivity index (χ1v) is 21.3. The summed E-state index contributed by atoms with van der Waals surface area (Å²) >= 11 is 0. The van der Waals surface area contributed by atoms with E-state index in [2.05, 4.69) is 150 Å². The van der Waals surface area contributed by atoms with Crippen molar-refractivity contribution >= 4 is 38.9 Å². The third-order valence-electron chi connectivity index (χ3n) is 12.8. The molecule has 0 spiro atoms. The molecule has 2 heteroatoms. The Morgan fingerprint density at radius 3 is 1.52 bits per heavy atom. The molecule has 0 bridgehead atoms. The van der Waals surface area contributed by atoms with Crippen LogP contribution in [0.25, 0.3) is 60.9 Å². The van der Waals surface area contributed by atoms with Crippen LogP contribution in [-0.4, -0.2) is 4.57 Å². The van der Waals surface area contributed by atoms with E-state index >= 15 is 0 Å². The Morgan fingerprint density at radius 2 is 0.889 bits per heavy atom. The topological polar surface area (TPSA) is 8.17 Å². The highest BCUT2D eigenvalue weighted by molar-refractivity contribution is 6.11. The maximum atomic E-state index is 8.99. The number of hydrogen-bond acceptors (Lipinski definition) is 1. The number of benzene rings is 10. The highest BCUT2D eigenvalue weighted by Crippen LogP contribution is 2.56. The Kier molecular flexibility index (Phi) is 7.56. The second-order valence-electron chi connectivity index (χ2n) is 16.1. The molecule has 1 aliphatic rings. The van der Waals surface area contributed by atoms with E-state index in [4.69, 9.17) is 6.85 Å². The number of rotatable bonds is 8. The van der Waals surface area contributed by atoms with Crippen LogP contribution in [0.5, 0.6) is 0 Å². The first-order chi connectivity index (χ1) is 33.3. The molecule has 0 atom stereocenters. The number of para-hydroxylation sites is 2. The van der Waals surface area contributed by atoms with Crippen LogP contribution >= 0.6 is 0 Å². The van der Waals surface area contributed by atoms with Gasteiger partial charge in [-0.15, -0.1) is 0 Å². The van der Waals surface area contributed by atoms with Crippen LogP contribution in [-0.2, 0) is 5.41 Å². The summed E-state index contributed by atoms with van der Waals surface area (Å²) in [6, 6.07) is 77.1. The summed E-state index contributed by atoms with van der Waals surface area (Å²) in [7, 11) is 0. The van der Waals surface area contributed by atoms with Crippen LogP contribution in [0.15, 0.2) is 255 Å². The van der Waals surface area contributed by atoms with E-state index in [1.807, 2.05) is 78.9 Å². The van der Waals surface area contributed by atoms with E-state index in [0.717, 1.165) is 49.7 Å². The van der Waals surface area contributed by atoms with Gasteiger partial charge in [-0.2, -0.15) is 0 Å². The first-order valence-electron chi connectivity index (χ1n) is 23.8. The Hall–Kier alpha value is -8.20. The molecule has 63 heavy (non-hydrogen) atoms. The number of fused-ring (bicyclic) bond motifs is 6. The van der Waals surface area contributed by atoms with Crippen molar-refractivity contribution in [2.75, 3.05) is 4.90 Å². The third kappa shape index (κ3) is 5.95. The number of nitrogens with zero attached hydrogens (tertiary/aromatic N) is 2. The van der Waals surface area contributed by atoms with Gasteiger partial charge in [0.1, 0.15) is 0 Å². The Bertz CT molecular complexity index is 3640. The summed E-state index contributed by atoms with van der Waals surface area (Å²) in [6.45, 7) is 0. The highest BCUT2D eigenvalue weighted by Gasteiger charge is 2.46. The highest BCUT2D eigenvalue weighted by atomic mass is 15.1. The fourth-order valence-corrected chi connectivity index (χ4v) is 10.00. The molecule has 0 amide bonds. The third-order valence-corrected chi connectivity index (χ3v) is 12.8. The van der Waals surface area contributed by atoms with E-state index in [1.54, 1.807) is 4.90 Å². The molecule has 1 aliphatic carbocycles. The fraction of sp³-hybridized carbons (Fsp3) is 0.0164. The van der Waals surface area contributed by atoms with Gasteiger partial charge in [0.25, 0.3) is 0 Å². The average Bonchev–Trinajstić information content (AvgIpc) is 3.89. The molecule has 0 N–H and O–H groups in total. The molecule has 1 heterocycles. The number of anilines is 3. The summed E-state index contributed by atoms with van der Waals surface area (Å²) in [5.41, 5.74) is 15.7. The predicted octanol–water partition coefficient (Wildman–Crippen LogP) is 16.0. The first kappa shape index (κ1) is 31.6. The zero-order valence-electron chi connectivity index (χ0n) is 39.3. The Morgan fingerprint density at radius 1 is 0.365 bits per heavy atom. The maximum absolute atomic E-state index is 8.99. The van der Waals surface area contributed by atoms with Crippen LogP contribution in [0.1, 0.15) is 29.1 Å². The monoisotopic (exact) mass is 807 g/mol. The molecule has 11 aromatic rings. The lowest BCUT2D eigenvalue weighted by atomic mass is 9.67. The van der Waals surface area contributed by atoms with Gasteiger partial charge in [-0.3, -0.25) is 0 Å². The summed E-state index contributed by atoms with van der Waals surface area (Å²) < 4.78 is 45.8. The molecule has 0 unspecified atom stereocenters. The summed E-state index contributed by atoms with van der Waals surface area (Å²) in [6.07, 6.45) is 0. The van der Waals surface area contributed by atoms with Crippen molar-refractivity contribution < 1.29 is 6.85 Å². The molecular weight excluding hydrogens is 761 g/mol. The van der Waals surface area contributed by atoms with Crippen LogP contribution in [0.4, 0.5) is 17.1 Å². The molecule has 10 aromatic carbocycles. The van der Waals surface area contributed by atoms with Gasteiger partial charge in [-0.1, -0.05) is 188 Å². The fourth-order valence-electron chi connectivity index (χ4n) is 10.00. The van der Waals surface area contributed by atoms with E-state index < -0.39 is 11.5 Å². The van der Waals surface area contributed by atoms with Crippen molar-refractivity contribution in [3.63, 3.8) is 0 Å². The van der Waals surface area contributed by atoms with Gasteiger partial charge >= 0.3 is 0 Å². The Labute approximate surface area is 375 Å². The van der Waals surface area contributed by atoms with Gasteiger partial charge in [0.2, 0.25) is 0 Å². The summed E-state index contributed by atoms with van der Waals surface area (Å²) in [4.78, 5) is 1.76. The van der Waals surface area contributed by atoms with Gasteiger partial charge in [-0.25, -0.2) is 0 Å². The van der Waals surface area contributed by atoms with E-state index in [9.17, 15) is 0 Å². The van der Waals surface area contributed by atoms with Crippen molar-refractivity contribution in [3.8, 4) is 39.1 Å². The smallest absolute Gasteiger partial charge is 0.0714 e. The van der Waals surface area contributed by atoms with Gasteiger partial charge in [-0.05, 0) is 122 Å². The van der Waals surface area contributed by atoms with Crippen molar-refractivity contribution in [2.24, 2.45) is 0 Å². The summed E-state index contributed by atoms with van der Waals surface area (Å²) in [5.74, 6) is 0. The lowest BCUT2D eigenvalue weighted by Crippen LogP contribution is -2.28. The molecule has 0 radical (unpaired) electrons. The number of aromatic nitrogens is 1. The van der Waals surface area contributed by atoms with E-state index in [0.29, 0.717) is 11.4 Å². The van der Waals surface area contributed by atoms with Crippen LogP contribution < -0.4 is 4.90 Å². The molecule has 0 saturated heterocycles. The minimum atomic E-state index is -0.541. The second kappa shape index (κ2) is 15.1. The second-order valence-corrected chi connectivity index (χ2v) is 16.1. The number of hydrogen-bond donors (Lipinski definition) is 0. The largest absolute Gasteiger partial charge is 0.311 e. The van der Waals surface area contributed by atoms with Crippen molar-refractivity contribution in [1.29, 1.82) is 0 Å². The zero-order chi connectivity index (χ0) is 46.1. The molecular formula is C61H42N2. The van der Waals surface area contributed by atoms with Gasteiger partial charge in [0.05, 0.1) is 23.3 Å². The van der Waals surface area contributed by atoms with Crippen molar-refractivity contribution in [3.05, 3.63) is 277 Å². The molecule has 0 aliphatic heterocycles. The normalized spacial score (nSPS) is 13.7. The van der Waals surface area contributed by atoms with Crippen molar-refractivity contribution in [1.82, 2.24) is 4.57 Å². The molecule has 0 fully saturated rings. The maximum Gasteiger partial charge on any atom is 0.0714 e. The van der Waals surface area contributed by atoms with E-state index in [1.165, 1.54) is 33.4 Å². The van der Waals surface area contributed by atoms with Crippen LogP contribution in [0, 0.1) is 0 Å².